The predicted molar refractivity (Wildman–Crippen MR) is 107 cm³/mol. The van der Waals surface area contributed by atoms with Crippen molar-refractivity contribution in [3.05, 3.63) is 35.7 Å². The number of rotatable bonds is 4. The first-order valence-electron chi connectivity index (χ1n) is 10.1. The highest BCUT2D eigenvalue weighted by atomic mass is 16.2. The Balaban J connectivity index is 1.49. The van der Waals surface area contributed by atoms with E-state index < -0.39 is 0 Å². The summed E-state index contributed by atoms with van der Waals surface area (Å²) < 4.78 is 0. The lowest BCUT2D eigenvalue weighted by molar-refractivity contribution is -0.141. The van der Waals surface area contributed by atoms with Crippen LogP contribution in [0.3, 0.4) is 0 Å². The van der Waals surface area contributed by atoms with Crippen LogP contribution in [0.25, 0.3) is 0 Å². The third-order valence-corrected chi connectivity index (χ3v) is 6.05. The molecule has 0 aromatic carbocycles. The number of nitrogens with zero attached hydrogens (tertiary/aromatic N) is 6. The average Bonchev–Trinajstić information content (AvgIpc) is 3.20. The van der Waals surface area contributed by atoms with Gasteiger partial charge in [-0.1, -0.05) is 6.92 Å². The number of nitrogens with one attached hydrogen (secondary N) is 1. The van der Waals surface area contributed by atoms with Gasteiger partial charge < -0.3 is 14.8 Å². The molecule has 1 spiro atoms. The first-order chi connectivity index (χ1) is 13.5. The molecule has 1 N–H and O–H groups in total. The van der Waals surface area contributed by atoms with E-state index in [1.165, 1.54) is 5.69 Å². The molecule has 28 heavy (non-hydrogen) atoms. The number of anilines is 1. The standard InChI is InChI=1S/C20H29N7O/c1-4-17(28)27-8-5-16-18(24-14-23-16)20(27)6-9-26(10-7-20)13-15-11-21-19(22-12-15)25(2)3/h11-12,14H,4-10,13H2,1-3H3,(H,23,24). The summed E-state index contributed by atoms with van der Waals surface area (Å²) in [7, 11) is 3.88. The Bertz CT molecular complexity index is 821. The maximum Gasteiger partial charge on any atom is 0.224 e. The lowest BCUT2D eigenvalue weighted by Crippen LogP contribution is -2.58. The Morgan fingerprint density at radius 1 is 1.18 bits per heavy atom. The molecule has 1 amide bonds. The van der Waals surface area contributed by atoms with Crippen molar-refractivity contribution < 1.29 is 4.79 Å². The largest absolute Gasteiger partial charge is 0.348 e. The van der Waals surface area contributed by atoms with Gasteiger partial charge in [0.05, 0.1) is 17.6 Å². The molecule has 4 rings (SSSR count). The van der Waals surface area contributed by atoms with Crippen molar-refractivity contribution in [2.75, 3.05) is 38.6 Å². The normalized spacial score (nSPS) is 18.9. The molecule has 0 bridgehead atoms. The minimum Gasteiger partial charge on any atom is -0.348 e. The van der Waals surface area contributed by atoms with Crippen molar-refractivity contribution in [1.82, 2.24) is 29.7 Å². The summed E-state index contributed by atoms with van der Waals surface area (Å²) in [6.07, 6.45) is 8.82. The fourth-order valence-electron chi connectivity index (χ4n) is 4.54. The first kappa shape index (κ1) is 18.9. The fraction of sp³-hybridized carbons (Fsp3) is 0.600. The monoisotopic (exact) mass is 383 g/mol. The van der Waals surface area contributed by atoms with Gasteiger partial charge in [0.15, 0.2) is 0 Å². The zero-order valence-electron chi connectivity index (χ0n) is 17.0. The number of hydrogen-bond acceptors (Lipinski definition) is 6. The summed E-state index contributed by atoms with van der Waals surface area (Å²) in [6, 6.07) is 0. The molecule has 1 saturated heterocycles. The Morgan fingerprint density at radius 3 is 2.54 bits per heavy atom. The molecule has 0 unspecified atom stereocenters. The van der Waals surface area contributed by atoms with Gasteiger partial charge in [-0.05, 0) is 12.8 Å². The van der Waals surface area contributed by atoms with Crippen LogP contribution in [0.1, 0.15) is 43.1 Å². The number of piperidine rings is 1. The van der Waals surface area contributed by atoms with E-state index in [1.807, 2.05) is 38.3 Å². The highest BCUT2D eigenvalue weighted by Crippen LogP contribution is 2.42. The van der Waals surface area contributed by atoms with Crippen LogP contribution >= 0.6 is 0 Å². The molecule has 0 radical (unpaired) electrons. The third kappa shape index (κ3) is 3.26. The molecule has 0 saturated carbocycles. The zero-order chi connectivity index (χ0) is 19.7. The number of aromatic amines is 1. The minimum absolute atomic E-state index is 0.231. The average molecular weight is 384 g/mol. The van der Waals surface area contributed by atoms with Gasteiger partial charge in [0, 0.05) is 76.8 Å². The van der Waals surface area contributed by atoms with E-state index in [2.05, 4.69) is 29.7 Å². The molecule has 8 heteroatoms. The van der Waals surface area contributed by atoms with E-state index in [1.54, 1.807) is 6.33 Å². The quantitative estimate of drug-likeness (QED) is 0.863. The molecule has 8 nitrogen and oxygen atoms in total. The number of amides is 1. The molecule has 0 aliphatic carbocycles. The molecule has 2 aliphatic heterocycles. The number of likely N-dealkylation sites (tertiary alicyclic amines) is 1. The highest BCUT2D eigenvalue weighted by molar-refractivity contribution is 5.77. The van der Waals surface area contributed by atoms with Gasteiger partial charge in [-0.25, -0.2) is 15.0 Å². The van der Waals surface area contributed by atoms with Crippen LogP contribution in [0, 0.1) is 0 Å². The number of carbonyl (C=O) groups excluding carboxylic acids is 1. The number of aromatic nitrogens is 4. The zero-order valence-corrected chi connectivity index (χ0v) is 17.0. The fourth-order valence-corrected chi connectivity index (χ4v) is 4.54. The van der Waals surface area contributed by atoms with E-state index in [0.717, 1.165) is 62.6 Å². The van der Waals surface area contributed by atoms with Crippen molar-refractivity contribution in [1.29, 1.82) is 0 Å². The summed E-state index contributed by atoms with van der Waals surface area (Å²) in [4.78, 5) is 35.9. The van der Waals surface area contributed by atoms with Crippen molar-refractivity contribution in [3.8, 4) is 0 Å². The second kappa shape index (κ2) is 7.50. The number of carbonyl (C=O) groups is 1. The number of hydrogen-bond donors (Lipinski definition) is 1. The number of imidazole rings is 1. The van der Waals surface area contributed by atoms with Gasteiger partial charge in [-0.2, -0.15) is 0 Å². The maximum absolute atomic E-state index is 12.7. The van der Waals surface area contributed by atoms with E-state index in [4.69, 9.17) is 0 Å². The van der Waals surface area contributed by atoms with E-state index in [9.17, 15) is 4.79 Å². The summed E-state index contributed by atoms with van der Waals surface area (Å²) in [5.41, 5.74) is 3.13. The van der Waals surface area contributed by atoms with Crippen LogP contribution in [-0.4, -0.2) is 69.4 Å². The van der Waals surface area contributed by atoms with Crippen LogP contribution in [0.4, 0.5) is 5.95 Å². The Morgan fingerprint density at radius 2 is 1.89 bits per heavy atom. The van der Waals surface area contributed by atoms with Gasteiger partial charge in [-0.3, -0.25) is 9.69 Å². The number of H-pyrrole nitrogens is 1. The van der Waals surface area contributed by atoms with Crippen LogP contribution in [0.2, 0.25) is 0 Å². The molecule has 1 fully saturated rings. The van der Waals surface area contributed by atoms with Crippen LogP contribution in [0.5, 0.6) is 0 Å². The minimum atomic E-state index is -0.261. The lowest BCUT2D eigenvalue weighted by atomic mass is 9.78. The summed E-state index contributed by atoms with van der Waals surface area (Å²) >= 11 is 0. The lowest BCUT2D eigenvalue weighted by Gasteiger charge is -2.50. The second-order valence-corrected chi connectivity index (χ2v) is 7.97. The van der Waals surface area contributed by atoms with Crippen molar-refractivity contribution >= 4 is 11.9 Å². The molecule has 150 valence electrons. The van der Waals surface area contributed by atoms with Gasteiger partial charge in [0.2, 0.25) is 11.9 Å². The summed E-state index contributed by atoms with van der Waals surface area (Å²) in [5.74, 6) is 0.957. The Kier molecular flexibility index (Phi) is 5.05. The van der Waals surface area contributed by atoms with E-state index in [-0.39, 0.29) is 11.4 Å². The molecule has 4 heterocycles. The highest BCUT2D eigenvalue weighted by Gasteiger charge is 2.48. The molecule has 2 aromatic rings. The maximum atomic E-state index is 12.7. The van der Waals surface area contributed by atoms with Crippen molar-refractivity contribution in [3.63, 3.8) is 0 Å². The van der Waals surface area contributed by atoms with E-state index >= 15 is 0 Å². The molecule has 0 atom stereocenters. The van der Waals surface area contributed by atoms with Gasteiger partial charge in [0.1, 0.15) is 0 Å². The Hall–Kier alpha value is -2.48. The van der Waals surface area contributed by atoms with Crippen LogP contribution in [-0.2, 0) is 23.3 Å². The van der Waals surface area contributed by atoms with Gasteiger partial charge >= 0.3 is 0 Å². The predicted octanol–water partition coefficient (Wildman–Crippen LogP) is 1.55. The smallest absolute Gasteiger partial charge is 0.224 e. The third-order valence-electron chi connectivity index (χ3n) is 6.05. The van der Waals surface area contributed by atoms with E-state index in [0.29, 0.717) is 6.42 Å². The van der Waals surface area contributed by atoms with Crippen LogP contribution in [0.15, 0.2) is 18.7 Å². The second-order valence-electron chi connectivity index (χ2n) is 7.97. The number of fused-ring (bicyclic) bond motifs is 2. The topological polar surface area (TPSA) is 81.2 Å². The van der Waals surface area contributed by atoms with Crippen LogP contribution < -0.4 is 4.90 Å². The molecular weight excluding hydrogens is 354 g/mol. The van der Waals surface area contributed by atoms with Gasteiger partial charge in [0.25, 0.3) is 0 Å². The van der Waals surface area contributed by atoms with Crippen molar-refractivity contribution in [2.24, 2.45) is 0 Å². The summed E-state index contributed by atoms with van der Waals surface area (Å²) in [5, 5.41) is 0. The van der Waals surface area contributed by atoms with Crippen molar-refractivity contribution in [2.45, 2.75) is 44.7 Å². The summed E-state index contributed by atoms with van der Waals surface area (Å²) in [6.45, 7) is 5.41. The molecular formula is C20H29N7O. The molecule has 2 aromatic heterocycles. The molecule has 2 aliphatic rings. The first-order valence-corrected chi connectivity index (χ1v) is 10.1. The van der Waals surface area contributed by atoms with Gasteiger partial charge in [-0.15, -0.1) is 0 Å². The Labute approximate surface area is 166 Å². The SMILES string of the molecule is CCC(=O)N1CCc2[nH]cnc2C12CCN(Cc1cnc(N(C)C)nc1)CC2.